The van der Waals surface area contributed by atoms with Crippen molar-refractivity contribution in [3.8, 4) is 5.75 Å². The van der Waals surface area contributed by atoms with Crippen LogP contribution in [0.4, 0.5) is 5.69 Å². The molecule has 7 heteroatoms. The molecule has 29 heavy (non-hydrogen) atoms. The predicted octanol–water partition coefficient (Wildman–Crippen LogP) is 3.88. The van der Waals surface area contributed by atoms with Crippen molar-refractivity contribution in [3.05, 3.63) is 59.2 Å². The molecule has 0 heterocycles. The van der Waals surface area contributed by atoms with Gasteiger partial charge in [0.15, 0.2) is 5.96 Å². The van der Waals surface area contributed by atoms with Crippen LogP contribution in [0.2, 0.25) is 0 Å². The van der Waals surface area contributed by atoms with E-state index in [1.54, 1.807) is 7.11 Å². The molecular formula is C22H31IN4O2. The lowest BCUT2D eigenvalue weighted by Gasteiger charge is -2.12. The summed E-state index contributed by atoms with van der Waals surface area (Å²) >= 11 is 0. The standard InChI is InChI=1S/C22H30N4O2.HI/c1-5-23-22(24-12-11-18-10-9-16(2)21(14-18)28-4)25-15-19-7-6-8-20(13-19)26-17(3)27;/h6-10,13-14H,5,11-12,15H2,1-4H3,(H,26,27)(H2,23,24,25);1H. The molecule has 6 nitrogen and oxygen atoms in total. The molecule has 0 atom stereocenters. The third kappa shape index (κ3) is 8.72. The lowest BCUT2D eigenvalue weighted by atomic mass is 10.1. The highest BCUT2D eigenvalue weighted by molar-refractivity contribution is 14.0. The van der Waals surface area contributed by atoms with E-state index >= 15 is 0 Å². The zero-order valence-corrected chi connectivity index (χ0v) is 19.9. The zero-order chi connectivity index (χ0) is 20.4. The van der Waals surface area contributed by atoms with Gasteiger partial charge in [-0.3, -0.25) is 4.79 Å². The van der Waals surface area contributed by atoms with Crippen molar-refractivity contribution in [1.29, 1.82) is 0 Å². The van der Waals surface area contributed by atoms with Crippen molar-refractivity contribution in [2.75, 3.05) is 25.5 Å². The van der Waals surface area contributed by atoms with Crippen LogP contribution >= 0.6 is 24.0 Å². The molecule has 2 aromatic rings. The topological polar surface area (TPSA) is 74.8 Å². The summed E-state index contributed by atoms with van der Waals surface area (Å²) in [5.41, 5.74) is 4.17. The Morgan fingerprint density at radius 3 is 2.59 bits per heavy atom. The molecule has 0 radical (unpaired) electrons. The number of anilines is 1. The number of halogens is 1. The van der Waals surface area contributed by atoms with Crippen LogP contribution in [-0.2, 0) is 17.8 Å². The number of amides is 1. The van der Waals surface area contributed by atoms with E-state index in [2.05, 4.69) is 39.1 Å². The molecule has 0 aliphatic heterocycles. The number of aliphatic imine (C=N–C) groups is 1. The fourth-order valence-corrected chi connectivity index (χ4v) is 2.81. The van der Waals surface area contributed by atoms with E-state index in [-0.39, 0.29) is 29.9 Å². The molecule has 2 aromatic carbocycles. The highest BCUT2D eigenvalue weighted by Gasteiger charge is 2.03. The van der Waals surface area contributed by atoms with Gasteiger partial charge < -0.3 is 20.7 Å². The highest BCUT2D eigenvalue weighted by atomic mass is 127. The molecule has 0 fully saturated rings. The minimum Gasteiger partial charge on any atom is -0.496 e. The smallest absolute Gasteiger partial charge is 0.221 e. The van der Waals surface area contributed by atoms with E-state index in [0.29, 0.717) is 6.54 Å². The number of guanidine groups is 1. The van der Waals surface area contributed by atoms with E-state index in [1.807, 2.05) is 38.1 Å². The Morgan fingerprint density at radius 2 is 1.90 bits per heavy atom. The van der Waals surface area contributed by atoms with E-state index in [0.717, 1.165) is 48.0 Å². The molecular weight excluding hydrogens is 479 g/mol. The Kier molecular flexibility index (Phi) is 11.1. The normalized spacial score (nSPS) is 10.7. The van der Waals surface area contributed by atoms with Crippen LogP contribution in [0.5, 0.6) is 5.75 Å². The van der Waals surface area contributed by atoms with Gasteiger partial charge in [0.25, 0.3) is 0 Å². The van der Waals surface area contributed by atoms with Crippen molar-refractivity contribution < 1.29 is 9.53 Å². The molecule has 1 amide bonds. The van der Waals surface area contributed by atoms with Crippen LogP contribution in [0.1, 0.15) is 30.5 Å². The van der Waals surface area contributed by atoms with E-state index in [1.165, 1.54) is 12.5 Å². The van der Waals surface area contributed by atoms with Crippen LogP contribution < -0.4 is 20.7 Å². The number of carbonyl (C=O) groups is 1. The van der Waals surface area contributed by atoms with Gasteiger partial charge in [-0.1, -0.05) is 24.3 Å². The lowest BCUT2D eigenvalue weighted by molar-refractivity contribution is -0.114. The Bertz CT molecular complexity index is 824. The highest BCUT2D eigenvalue weighted by Crippen LogP contribution is 2.19. The first-order chi connectivity index (χ1) is 13.5. The number of ether oxygens (including phenoxy) is 1. The fraction of sp³-hybridized carbons (Fsp3) is 0.364. The molecule has 0 aromatic heterocycles. The number of nitrogens with zero attached hydrogens (tertiary/aromatic N) is 1. The third-order valence-corrected chi connectivity index (χ3v) is 4.19. The van der Waals surface area contributed by atoms with Gasteiger partial charge in [-0.05, 0) is 55.2 Å². The molecule has 3 N–H and O–H groups in total. The van der Waals surface area contributed by atoms with E-state index in [9.17, 15) is 4.79 Å². The molecule has 0 aliphatic carbocycles. The van der Waals surface area contributed by atoms with Crippen LogP contribution in [0.3, 0.4) is 0 Å². The average molecular weight is 510 g/mol. The van der Waals surface area contributed by atoms with E-state index in [4.69, 9.17) is 4.74 Å². The van der Waals surface area contributed by atoms with Crippen molar-refractivity contribution >= 4 is 41.5 Å². The summed E-state index contributed by atoms with van der Waals surface area (Å²) in [6.07, 6.45) is 0.874. The van der Waals surface area contributed by atoms with Crippen LogP contribution in [0.15, 0.2) is 47.5 Å². The second kappa shape index (κ2) is 13.0. The molecule has 0 unspecified atom stereocenters. The number of aryl methyl sites for hydroxylation is 1. The van der Waals surface area contributed by atoms with Crippen LogP contribution in [0, 0.1) is 6.92 Å². The SMILES string of the molecule is CCNC(=NCc1cccc(NC(C)=O)c1)NCCc1ccc(C)c(OC)c1.I. The maximum absolute atomic E-state index is 11.2. The minimum absolute atomic E-state index is 0. The predicted molar refractivity (Wildman–Crippen MR) is 130 cm³/mol. The summed E-state index contributed by atoms with van der Waals surface area (Å²) in [7, 11) is 1.70. The number of benzene rings is 2. The Labute approximate surface area is 190 Å². The number of rotatable bonds is 8. The van der Waals surface area contributed by atoms with Crippen molar-refractivity contribution in [2.24, 2.45) is 4.99 Å². The third-order valence-electron chi connectivity index (χ3n) is 4.19. The Balaban J connectivity index is 0.00000420. The summed E-state index contributed by atoms with van der Waals surface area (Å²) in [6.45, 7) is 7.67. The second-order valence-corrected chi connectivity index (χ2v) is 6.56. The molecule has 0 bridgehead atoms. The quantitative estimate of drug-likeness (QED) is 0.286. The van der Waals surface area contributed by atoms with Gasteiger partial charge in [-0.25, -0.2) is 4.99 Å². The van der Waals surface area contributed by atoms with Crippen molar-refractivity contribution in [1.82, 2.24) is 10.6 Å². The minimum atomic E-state index is -0.0802. The number of methoxy groups -OCH3 is 1. The van der Waals surface area contributed by atoms with Gasteiger partial charge in [-0.15, -0.1) is 24.0 Å². The number of carbonyl (C=O) groups excluding carboxylic acids is 1. The summed E-state index contributed by atoms with van der Waals surface area (Å²) in [4.78, 5) is 15.8. The van der Waals surface area contributed by atoms with Gasteiger partial charge in [-0.2, -0.15) is 0 Å². The van der Waals surface area contributed by atoms with Crippen LogP contribution in [-0.4, -0.2) is 32.1 Å². The number of nitrogens with one attached hydrogen (secondary N) is 3. The first-order valence-corrected chi connectivity index (χ1v) is 9.54. The van der Waals surface area contributed by atoms with Crippen LogP contribution in [0.25, 0.3) is 0 Å². The number of hydrogen-bond donors (Lipinski definition) is 3. The largest absolute Gasteiger partial charge is 0.496 e. The average Bonchev–Trinajstić information content (AvgIpc) is 2.67. The molecule has 0 saturated carbocycles. The van der Waals surface area contributed by atoms with Gasteiger partial charge >= 0.3 is 0 Å². The summed E-state index contributed by atoms with van der Waals surface area (Å²) < 4.78 is 5.39. The first kappa shape index (κ1) is 24.7. The van der Waals surface area contributed by atoms with E-state index < -0.39 is 0 Å². The molecule has 2 rings (SSSR count). The fourth-order valence-electron chi connectivity index (χ4n) is 2.81. The maximum atomic E-state index is 11.2. The monoisotopic (exact) mass is 510 g/mol. The van der Waals surface area contributed by atoms with Gasteiger partial charge in [0, 0.05) is 25.7 Å². The molecule has 0 aliphatic rings. The molecule has 158 valence electrons. The summed E-state index contributed by atoms with van der Waals surface area (Å²) in [6, 6.07) is 14.0. The molecule has 0 saturated heterocycles. The Morgan fingerprint density at radius 1 is 1.10 bits per heavy atom. The van der Waals surface area contributed by atoms with Gasteiger partial charge in [0.05, 0.1) is 13.7 Å². The van der Waals surface area contributed by atoms with Gasteiger partial charge in [0.2, 0.25) is 5.91 Å². The summed E-state index contributed by atoms with van der Waals surface area (Å²) in [5.74, 6) is 1.60. The maximum Gasteiger partial charge on any atom is 0.221 e. The second-order valence-electron chi connectivity index (χ2n) is 6.56. The first-order valence-electron chi connectivity index (χ1n) is 9.54. The lowest BCUT2D eigenvalue weighted by Crippen LogP contribution is -2.38. The summed E-state index contributed by atoms with van der Waals surface area (Å²) in [5, 5.41) is 9.42. The Hall–Kier alpha value is -2.29. The van der Waals surface area contributed by atoms with Crippen molar-refractivity contribution in [2.45, 2.75) is 33.7 Å². The number of hydrogen-bond acceptors (Lipinski definition) is 3. The van der Waals surface area contributed by atoms with Crippen molar-refractivity contribution in [3.63, 3.8) is 0 Å². The molecule has 0 spiro atoms. The zero-order valence-electron chi connectivity index (χ0n) is 17.5. The van der Waals surface area contributed by atoms with Gasteiger partial charge in [0.1, 0.15) is 5.75 Å².